The minimum Gasteiger partial charge on any atom is -0.323 e. The normalized spacial score (nSPS) is 21.9. The number of rotatable bonds is 2. The summed E-state index contributed by atoms with van der Waals surface area (Å²) in [4.78, 5) is 4.41. The van der Waals surface area contributed by atoms with Gasteiger partial charge in [0.05, 0.1) is 5.52 Å². The lowest BCUT2D eigenvalue weighted by Gasteiger charge is -2.27. The molecule has 0 spiro atoms. The van der Waals surface area contributed by atoms with Crippen molar-refractivity contribution in [2.24, 2.45) is 5.73 Å². The summed E-state index contributed by atoms with van der Waals surface area (Å²) in [5.41, 5.74) is 8.68. The van der Waals surface area contributed by atoms with Gasteiger partial charge >= 0.3 is 0 Å². The second-order valence-corrected chi connectivity index (χ2v) is 6.23. The molecule has 0 bridgehead atoms. The number of benzene rings is 1. The molecular weight excluding hydrogens is 240 g/mol. The highest BCUT2D eigenvalue weighted by Gasteiger charge is 2.22. The molecule has 3 heteroatoms. The maximum atomic E-state index is 6.41. The SMILES string of the molecule is NC(c1ccc2cccnc2c1)C1CCCCS1. The number of fused-ring (bicyclic) bond motifs is 1. The Labute approximate surface area is 112 Å². The van der Waals surface area contributed by atoms with Crippen molar-refractivity contribution in [3.05, 3.63) is 42.1 Å². The first-order chi connectivity index (χ1) is 8.84. The molecule has 2 atom stereocenters. The topological polar surface area (TPSA) is 38.9 Å². The highest BCUT2D eigenvalue weighted by atomic mass is 32.2. The largest absolute Gasteiger partial charge is 0.323 e. The average Bonchev–Trinajstić information content (AvgIpc) is 2.47. The lowest BCUT2D eigenvalue weighted by atomic mass is 9.99. The van der Waals surface area contributed by atoms with Crippen molar-refractivity contribution in [2.45, 2.75) is 30.6 Å². The van der Waals surface area contributed by atoms with Crippen molar-refractivity contribution in [2.75, 3.05) is 5.75 Å². The second kappa shape index (κ2) is 5.29. The first-order valence-electron chi connectivity index (χ1n) is 6.56. The zero-order chi connectivity index (χ0) is 12.4. The predicted molar refractivity (Wildman–Crippen MR) is 78.8 cm³/mol. The third kappa shape index (κ3) is 2.38. The van der Waals surface area contributed by atoms with E-state index >= 15 is 0 Å². The smallest absolute Gasteiger partial charge is 0.0705 e. The van der Waals surface area contributed by atoms with Crippen LogP contribution in [0.15, 0.2) is 36.5 Å². The summed E-state index contributed by atoms with van der Waals surface area (Å²) < 4.78 is 0. The summed E-state index contributed by atoms with van der Waals surface area (Å²) in [7, 11) is 0. The van der Waals surface area contributed by atoms with Crippen molar-refractivity contribution in [3.8, 4) is 0 Å². The molecule has 0 aliphatic carbocycles. The molecule has 2 unspecified atom stereocenters. The van der Waals surface area contributed by atoms with Gasteiger partial charge in [0.15, 0.2) is 0 Å². The third-order valence-corrected chi connectivity index (χ3v) is 5.11. The van der Waals surface area contributed by atoms with Crippen molar-refractivity contribution in [1.82, 2.24) is 4.98 Å². The summed E-state index contributed by atoms with van der Waals surface area (Å²) in [5.74, 6) is 1.25. The molecule has 2 nitrogen and oxygen atoms in total. The molecule has 0 radical (unpaired) electrons. The molecule has 3 rings (SSSR count). The average molecular weight is 258 g/mol. The van der Waals surface area contributed by atoms with Crippen LogP contribution in [-0.2, 0) is 0 Å². The lowest BCUT2D eigenvalue weighted by molar-refractivity contribution is 0.582. The number of hydrogen-bond donors (Lipinski definition) is 1. The zero-order valence-corrected chi connectivity index (χ0v) is 11.2. The van der Waals surface area contributed by atoms with E-state index in [0.717, 1.165) is 5.52 Å². The van der Waals surface area contributed by atoms with Crippen molar-refractivity contribution < 1.29 is 0 Å². The summed E-state index contributed by atoms with van der Waals surface area (Å²) >= 11 is 2.03. The van der Waals surface area contributed by atoms with Crippen LogP contribution in [0.4, 0.5) is 0 Å². The molecule has 2 N–H and O–H groups in total. The fourth-order valence-corrected chi connectivity index (χ4v) is 3.93. The molecule has 0 saturated carbocycles. The van der Waals surface area contributed by atoms with Gasteiger partial charge in [-0.1, -0.05) is 24.6 Å². The van der Waals surface area contributed by atoms with E-state index in [-0.39, 0.29) is 6.04 Å². The van der Waals surface area contributed by atoms with E-state index in [1.165, 1.54) is 36.0 Å². The van der Waals surface area contributed by atoms with Crippen LogP contribution in [-0.4, -0.2) is 16.0 Å². The van der Waals surface area contributed by atoms with E-state index in [1.807, 2.05) is 24.0 Å². The number of hydrogen-bond acceptors (Lipinski definition) is 3. The Morgan fingerprint density at radius 3 is 3.06 bits per heavy atom. The van der Waals surface area contributed by atoms with Gasteiger partial charge in [0.1, 0.15) is 0 Å². The van der Waals surface area contributed by atoms with E-state index in [4.69, 9.17) is 5.73 Å². The Morgan fingerprint density at radius 2 is 2.22 bits per heavy atom. The molecule has 1 aliphatic heterocycles. The summed E-state index contributed by atoms with van der Waals surface area (Å²) in [6.07, 6.45) is 5.74. The fourth-order valence-electron chi connectivity index (χ4n) is 2.55. The van der Waals surface area contributed by atoms with Crippen LogP contribution in [0.1, 0.15) is 30.9 Å². The monoisotopic (exact) mass is 258 g/mol. The van der Waals surface area contributed by atoms with Crippen LogP contribution >= 0.6 is 11.8 Å². The Morgan fingerprint density at radius 1 is 1.28 bits per heavy atom. The van der Waals surface area contributed by atoms with Gasteiger partial charge in [0.2, 0.25) is 0 Å². The van der Waals surface area contributed by atoms with E-state index in [9.17, 15) is 0 Å². The Balaban J connectivity index is 1.88. The highest BCUT2D eigenvalue weighted by molar-refractivity contribution is 8.00. The van der Waals surface area contributed by atoms with Gasteiger partial charge in [0.25, 0.3) is 0 Å². The third-order valence-electron chi connectivity index (χ3n) is 3.63. The van der Waals surface area contributed by atoms with E-state index < -0.39 is 0 Å². The van der Waals surface area contributed by atoms with Gasteiger partial charge < -0.3 is 5.73 Å². The van der Waals surface area contributed by atoms with Gasteiger partial charge in [-0.05, 0) is 36.3 Å². The van der Waals surface area contributed by atoms with Crippen molar-refractivity contribution >= 4 is 22.7 Å². The fraction of sp³-hybridized carbons (Fsp3) is 0.400. The molecule has 2 heterocycles. The first kappa shape index (κ1) is 12.0. The van der Waals surface area contributed by atoms with Crippen molar-refractivity contribution in [1.29, 1.82) is 0 Å². The molecule has 1 aromatic carbocycles. The van der Waals surface area contributed by atoms with Gasteiger partial charge in [-0.2, -0.15) is 11.8 Å². The second-order valence-electron chi connectivity index (χ2n) is 4.89. The van der Waals surface area contributed by atoms with Crippen LogP contribution in [0, 0.1) is 0 Å². The lowest BCUT2D eigenvalue weighted by Crippen LogP contribution is -2.26. The molecule has 1 saturated heterocycles. The maximum Gasteiger partial charge on any atom is 0.0705 e. The van der Waals surface area contributed by atoms with Gasteiger partial charge in [0, 0.05) is 22.9 Å². The van der Waals surface area contributed by atoms with Gasteiger partial charge in [-0.3, -0.25) is 4.98 Å². The Kier molecular flexibility index (Phi) is 3.52. The van der Waals surface area contributed by atoms with Crippen LogP contribution in [0.25, 0.3) is 10.9 Å². The number of aromatic nitrogens is 1. The minimum atomic E-state index is 0.140. The highest BCUT2D eigenvalue weighted by Crippen LogP contribution is 2.33. The Bertz CT molecular complexity index is 535. The molecule has 18 heavy (non-hydrogen) atoms. The molecular formula is C15H18N2S. The zero-order valence-electron chi connectivity index (χ0n) is 10.4. The number of thioether (sulfide) groups is 1. The molecule has 1 aromatic heterocycles. The quantitative estimate of drug-likeness (QED) is 0.895. The van der Waals surface area contributed by atoms with E-state index in [0.29, 0.717) is 5.25 Å². The molecule has 94 valence electrons. The summed E-state index contributed by atoms with van der Waals surface area (Å²) in [5, 5.41) is 1.75. The number of nitrogens with zero attached hydrogens (tertiary/aromatic N) is 1. The van der Waals surface area contributed by atoms with Crippen LogP contribution in [0.3, 0.4) is 0 Å². The standard InChI is InChI=1S/C15H18N2S/c16-15(14-5-1-2-9-18-14)12-7-6-11-4-3-8-17-13(11)10-12/h3-4,6-8,10,14-15H,1-2,5,9,16H2. The predicted octanol–water partition coefficient (Wildman–Crippen LogP) is 3.52. The maximum absolute atomic E-state index is 6.41. The van der Waals surface area contributed by atoms with Crippen LogP contribution in [0.2, 0.25) is 0 Å². The Hall–Kier alpha value is -1.06. The number of pyridine rings is 1. The molecule has 1 fully saturated rings. The minimum absolute atomic E-state index is 0.140. The van der Waals surface area contributed by atoms with Gasteiger partial charge in [-0.25, -0.2) is 0 Å². The van der Waals surface area contributed by atoms with Crippen molar-refractivity contribution in [3.63, 3.8) is 0 Å². The summed E-state index contributed by atoms with van der Waals surface area (Å²) in [6.45, 7) is 0. The van der Waals surface area contributed by atoms with E-state index in [2.05, 4.69) is 29.2 Å². The van der Waals surface area contributed by atoms with Gasteiger partial charge in [-0.15, -0.1) is 0 Å². The van der Waals surface area contributed by atoms with Crippen LogP contribution < -0.4 is 5.73 Å². The molecule has 0 amide bonds. The van der Waals surface area contributed by atoms with E-state index in [1.54, 1.807) is 0 Å². The first-order valence-corrected chi connectivity index (χ1v) is 7.61. The summed E-state index contributed by atoms with van der Waals surface area (Å²) in [6, 6.07) is 10.6. The number of nitrogens with two attached hydrogens (primary N) is 1. The molecule has 2 aromatic rings. The van der Waals surface area contributed by atoms with Crippen LogP contribution in [0.5, 0.6) is 0 Å². The molecule has 1 aliphatic rings.